The summed E-state index contributed by atoms with van der Waals surface area (Å²) in [6, 6.07) is 11.1. The van der Waals surface area contributed by atoms with Crippen LogP contribution in [0.15, 0.2) is 42.6 Å². The molecule has 1 spiro atoms. The van der Waals surface area contributed by atoms with Crippen molar-refractivity contribution in [2.45, 2.75) is 64.0 Å². The van der Waals surface area contributed by atoms with Crippen molar-refractivity contribution >= 4 is 5.82 Å². The molecule has 4 heterocycles. The number of hydrogen-bond acceptors (Lipinski definition) is 5. The molecule has 0 radical (unpaired) electrons. The molecule has 2 bridgehead atoms. The maximum atomic E-state index is 14.6. The summed E-state index contributed by atoms with van der Waals surface area (Å²) in [5.41, 5.74) is 15.5. The highest BCUT2D eigenvalue weighted by molar-refractivity contribution is 5.76. The van der Waals surface area contributed by atoms with Crippen LogP contribution in [-0.2, 0) is 12.0 Å². The van der Waals surface area contributed by atoms with Gasteiger partial charge in [0.1, 0.15) is 11.9 Å². The fourth-order valence-electron chi connectivity index (χ4n) is 6.26. The lowest BCUT2D eigenvalue weighted by Crippen LogP contribution is -2.13. The van der Waals surface area contributed by atoms with Gasteiger partial charge in [-0.15, -0.1) is 0 Å². The van der Waals surface area contributed by atoms with E-state index < -0.39 is 6.10 Å². The number of fused-ring (bicyclic) bond motifs is 8. The molecule has 1 aliphatic heterocycles. The predicted octanol–water partition coefficient (Wildman–Crippen LogP) is 6.08. The topological polar surface area (TPSA) is 78.9 Å². The highest BCUT2D eigenvalue weighted by Crippen LogP contribution is 2.64. The fraction of sp³-hybridized carbons (Fsp3) is 0.345. The third-order valence-electron chi connectivity index (χ3n) is 8.19. The Balaban J connectivity index is 1.60. The molecule has 2 atom stereocenters. The van der Waals surface area contributed by atoms with Crippen molar-refractivity contribution in [3.05, 3.63) is 76.5 Å². The Labute approximate surface area is 209 Å². The normalized spacial score (nSPS) is 20.6. The molecular weight excluding hydrogens is 453 g/mol. The second kappa shape index (κ2) is 7.38. The van der Waals surface area contributed by atoms with Gasteiger partial charge in [-0.2, -0.15) is 5.10 Å². The van der Waals surface area contributed by atoms with E-state index in [1.807, 2.05) is 32.2 Å². The third kappa shape index (κ3) is 2.98. The molecule has 7 rings (SSSR count). The van der Waals surface area contributed by atoms with E-state index >= 15 is 0 Å². The number of aryl methyl sites for hydroxylation is 2. The molecule has 2 N–H and O–H groups in total. The number of hydrogen-bond donors (Lipinski definition) is 1. The van der Waals surface area contributed by atoms with Gasteiger partial charge in [0, 0.05) is 52.0 Å². The minimum atomic E-state index is -0.464. The smallest absolute Gasteiger partial charge is 0.166 e. The summed E-state index contributed by atoms with van der Waals surface area (Å²) in [6.45, 7) is 6.79. The van der Waals surface area contributed by atoms with E-state index in [2.05, 4.69) is 28.7 Å². The van der Waals surface area contributed by atoms with Crippen molar-refractivity contribution in [3.63, 3.8) is 0 Å². The van der Waals surface area contributed by atoms with Gasteiger partial charge in [0.25, 0.3) is 0 Å². The van der Waals surface area contributed by atoms with Crippen molar-refractivity contribution in [2.24, 2.45) is 0 Å². The number of aromatic nitrogens is 4. The molecule has 3 aromatic heterocycles. The fourth-order valence-corrected chi connectivity index (χ4v) is 6.26. The first-order valence-electron chi connectivity index (χ1n) is 12.7. The zero-order valence-electron chi connectivity index (χ0n) is 20.7. The van der Waals surface area contributed by atoms with E-state index in [1.54, 1.807) is 6.07 Å². The van der Waals surface area contributed by atoms with Gasteiger partial charge < -0.3 is 10.5 Å². The van der Waals surface area contributed by atoms with Crippen molar-refractivity contribution in [1.82, 2.24) is 19.7 Å². The SMILES string of the molecule is CCn1nc2c3c1-c1cnc(N)c(c1)O[C@H](C)c1cc(F)ccc1-c1nc(C)ccc1[C@H]3CC21CC1. The quantitative estimate of drug-likeness (QED) is 0.357. The third-order valence-corrected chi connectivity index (χ3v) is 8.19. The van der Waals surface area contributed by atoms with E-state index in [4.69, 9.17) is 20.6 Å². The molecule has 0 amide bonds. The lowest BCUT2D eigenvalue weighted by molar-refractivity contribution is 0.227. The van der Waals surface area contributed by atoms with Gasteiger partial charge in [-0.05, 0) is 75.9 Å². The Morgan fingerprint density at radius 1 is 1.17 bits per heavy atom. The number of nitrogens with two attached hydrogens (primary N) is 1. The minimum Gasteiger partial charge on any atom is -0.482 e. The Hall–Kier alpha value is -3.74. The summed E-state index contributed by atoms with van der Waals surface area (Å²) >= 11 is 0. The maximum absolute atomic E-state index is 14.6. The highest BCUT2D eigenvalue weighted by Gasteiger charge is 2.56. The summed E-state index contributed by atoms with van der Waals surface area (Å²) < 4.78 is 23.0. The second-order valence-corrected chi connectivity index (χ2v) is 10.5. The van der Waals surface area contributed by atoms with Crippen molar-refractivity contribution < 1.29 is 9.13 Å². The summed E-state index contributed by atoms with van der Waals surface area (Å²) in [7, 11) is 0. The molecule has 6 nitrogen and oxygen atoms in total. The van der Waals surface area contributed by atoms with Crippen molar-refractivity contribution in [3.8, 4) is 28.3 Å². The Morgan fingerprint density at radius 2 is 2.00 bits per heavy atom. The van der Waals surface area contributed by atoms with Crippen LogP contribution in [0, 0.1) is 12.7 Å². The van der Waals surface area contributed by atoms with Gasteiger partial charge in [-0.1, -0.05) is 6.07 Å². The summed E-state index contributed by atoms with van der Waals surface area (Å²) in [5, 5.41) is 5.16. The Kier molecular flexibility index (Phi) is 4.42. The molecule has 182 valence electrons. The first-order valence-corrected chi connectivity index (χ1v) is 12.7. The van der Waals surface area contributed by atoms with E-state index in [-0.39, 0.29) is 17.2 Å². The standard InChI is InChI=1S/C29H28FN5O/c1-4-35-26-17-11-23(28(31)32-14-17)36-16(3)21-12-18(30)6-8-19(21)25-20(7-5-15(2)33-25)22-13-29(9-10-29)27(34-35)24(22)26/h5-8,11-12,14,16,22H,4,9-10,13H2,1-3H3,(H2,31,32)/t16-,22-/m1/s1. The zero-order chi connectivity index (χ0) is 24.8. The number of halogens is 1. The van der Waals surface area contributed by atoms with Gasteiger partial charge >= 0.3 is 0 Å². The monoisotopic (exact) mass is 481 g/mol. The zero-order valence-corrected chi connectivity index (χ0v) is 20.7. The average Bonchev–Trinajstić information content (AvgIpc) is 3.44. The van der Waals surface area contributed by atoms with Crippen LogP contribution in [0.25, 0.3) is 22.5 Å². The summed E-state index contributed by atoms with van der Waals surface area (Å²) in [6.07, 6.45) is 4.67. The molecule has 1 saturated carbocycles. The first kappa shape index (κ1) is 21.5. The molecule has 3 aliphatic rings. The first-order chi connectivity index (χ1) is 17.4. The second-order valence-electron chi connectivity index (χ2n) is 10.5. The van der Waals surface area contributed by atoms with Crippen LogP contribution in [0.1, 0.15) is 73.2 Å². The van der Waals surface area contributed by atoms with Crippen LogP contribution < -0.4 is 10.5 Å². The molecule has 4 aromatic rings. The molecule has 1 aromatic carbocycles. The maximum Gasteiger partial charge on any atom is 0.166 e. The number of benzene rings is 1. The van der Waals surface area contributed by atoms with Crippen molar-refractivity contribution in [1.29, 1.82) is 0 Å². The number of rotatable bonds is 1. The lowest BCUT2D eigenvalue weighted by atomic mass is 9.85. The molecule has 36 heavy (non-hydrogen) atoms. The van der Waals surface area contributed by atoms with Crippen LogP contribution in [0.4, 0.5) is 10.2 Å². The van der Waals surface area contributed by atoms with Crippen LogP contribution >= 0.6 is 0 Å². The van der Waals surface area contributed by atoms with Crippen LogP contribution in [0.3, 0.4) is 0 Å². The van der Waals surface area contributed by atoms with E-state index in [0.717, 1.165) is 65.1 Å². The molecule has 2 aliphatic carbocycles. The number of anilines is 1. The van der Waals surface area contributed by atoms with Crippen molar-refractivity contribution in [2.75, 3.05) is 5.73 Å². The average molecular weight is 482 g/mol. The van der Waals surface area contributed by atoms with Gasteiger partial charge in [0.2, 0.25) is 0 Å². The van der Waals surface area contributed by atoms with Gasteiger partial charge in [0.15, 0.2) is 11.6 Å². The van der Waals surface area contributed by atoms with E-state index in [9.17, 15) is 4.39 Å². The number of ether oxygens (including phenoxy) is 1. The number of pyridine rings is 2. The van der Waals surface area contributed by atoms with Crippen LogP contribution in [0.2, 0.25) is 0 Å². The van der Waals surface area contributed by atoms with E-state index in [1.165, 1.54) is 17.3 Å². The minimum absolute atomic E-state index is 0.122. The van der Waals surface area contributed by atoms with Gasteiger partial charge in [-0.3, -0.25) is 9.67 Å². The molecule has 7 heteroatoms. The Bertz CT molecular complexity index is 1550. The lowest BCUT2D eigenvalue weighted by Gasteiger charge is -2.24. The predicted molar refractivity (Wildman–Crippen MR) is 136 cm³/mol. The summed E-state index contributed by atoms with van der Waals surface area (Å²) in [4.78, 5) is 9.54. The van der Waals surface area contributed by atoms with E-state index in [0.29, 0.717) is 11.6 Å². The van der Waals surface area contributed by atoms with Gasteiger partial charge in [0.05, 0.1) is 17.1 Å². The summed E-state index contributed by atoms with van der Waals surface area (Å²) in [5.74, 6) is 0.623. The number of nitrogens with zero attached hydrogens (tertiary/aromatic N) is 4. The Morgan fingerprint density at radius 3 is 2.78 bits per heavy atom. The molecule has 0 unspecified atom stereocenters. The molecule has 0 saturated heterocycles. The molecular formula is C29H28FN5O. The molecule has 1 fully saturated rings. The largest absolute Gasteiger partial charge is 0.482 e. The van der Waals surface area contributed by atoms with Gasteiger partial charge in [-0.25, -0.2) is 9.37 Å². The van der Waals surface area contributed by atoms with Crippen LogP contribution in [0.5, 0.6) is 5.75 Å². The van der Waals surface area contributed by atoms with Crippen LogP contribution in [-0.4, -0.2) is 19.7 Å². The number of nitrogen functional groups attached to an aromatic ring is 1. The highest BCUT2D eigenvalue weighted by atomic mass is 19.1.